The number of guanidine groups is 2. The maximum atomic E-state index is 13.0. The average molecular weight is 539 g/mol. The maximum Gasteiger partial charge on any atom is 0.326 e. The van der Waals surface area contributed by atoms with Gasteiger partial charge in [0.2, 0.25) is 17.7 Å². The first-order chi connectivity index (χ1) is 17.9. The molecule has 1 rings (SSSR count). The van der Waals surface area contributed by atoms with E-state index in [1.54, 1.807) is 0 Å². The van der Waals surface area contributed by atoms with E-state index in [2.05, 4.69) is 35.9 Å². The van der Waals surface area contributed by atoms with Crippen LogP contribution in [-0.2, 0) is 25.6 Å². The van der Waals surface area contributed by atoms with Gasteiger partial charge >= 0.3 is 5.97 Å². The molecule has 0 aliphatic rings. The second-order valence-corrected chi connectivity index (χ2v) is 8.48. The summed E-state index contributed by atoms with van der Waals surface area (Å²) in [5, 5.41) is 16.8. The highest BCUT2D eigenvalue weighted by Gasteiger charge is 2.28. The lowest BCUT2D eigenvalue weighted by Crippen LogP contribution is -2.56. The summed E-state index contributed by atoms with van der Waals surface area (Å²) in [5.41, 5.74) is 27.7. The van der Waals surface area contributed by atoms with Crippen LogP contribution in [0.25, 0.3) is 0 Å². The third kappa shape index (κ3) is 12.5. The summed E-state index contributed by atoms with van der Waals surface area (Å²) in [6, 6.07) is -4.36. The molecule has 17 nitrogen and oxygen atoms in total. The summed E-state index contributed by atoms with van der Waals surface area (Å²) in [7, 11) is 0. The molecule has 0 spiro atoms. The van der Waals surface area contributed by atoms with Gasteiger partial charge in [0, 0.05) is 31.4 Å². The van der Waals surface area contributed by atoms with Crippen LogP contribution in [-0.4, -0.2) is 87.9 Å². The largest absolute Gasteiger partial charge is 0.480 e. The minimum absolute atomic E-state index is 0.0657. The van der Waals surface area contributed by atoms with Gasteiger partial charge in [0.25, 0.3) is 0 Å². The van der Waals surface area contributed by atoms with E-state index in [0.29, 0.717) is 18.5 Å². The highest BCUT2D eigenvalue weighted by molar-refractivity contribution is 5.93. The molecule has 0 aliphatic carbocycles. The van der Waals surface area contributed by atoms with Gasteiger partial charge < -0.3 is 54.7 Å². The van der Waals surface area contributed by atoms with Crippen LogP contribution in [0.1, 0.15) is 38.3 Å². The number of hydrogen-bond acceptors (Lipinski definition) is 8. The number of H-pyrrole nitrogens is 1. The molecule has 0 saturated heterocycles. The van der Waals surface area contributed by atoms with Gasteiger partial charge in [0.05, 0.1) is 12.4 Å². The standard InChI is InChI=1S/C21H38N12O5/c1-11(16(34)33-15(19(37)38)5-3-7-29-21(25)26)31-18(36)14(4-2-6-28-20(23)24)32-17(35)13(22)8-12-9-27-10-30-12/h9-11,13-15H,2-8,22H2,1H3,(H,27,30)(H,31,36)(H,32,35)(H,33,34)(H,37,38)(H4,23,24,28)(H4,25,26,29). The Balaban J connectivity index is 2.78. The van der Waals surface area contributed by atoms with Gasteiger partial charge in [-0.3, -0.25) is 24.4 Å². The molecule has 212 valence electrons. The molecule has 15 N–H and O–H groups in total. The average Bonchev–Trinajstić information content (AvgIpc) is 3.34. The number of carbonyl (C=O) groups is 4. The fraction of sp³-hybridized carbons (Fsp3) is 0.571. The molecule has 0 aliphatic heterocycles. The van der Waals surface area contributed by atoms with Gasteiger partial charge in [0.15, 0.2) is 11.9 Å². The third-order valence-electron chi connectivity index (χ3n) is 5.22. The first kappa shape index (κ1) is 31.6. The zero-order chi connectivity index (χ0) is 28.7. The molecule has 4 unspecified atom stereocenters. The van der Waals surface area contributed by atoms with Crippen LogP contribution < -0.4 is 44.6 Å². The van der Waals surface area contributed by atoms with Gasteiger partial charge in [-0.05, 0) is 32.6 Å². The summed E-state index contributed by atoms with van der Waals surface area (Å²) in [5.74, 6) is -3.48. The van der Waals surface area contributed by atoms with Crippen LogP contribution in [0, 0.1) is 0 Å². The predicted octanol–water partition coefficient (Wildman–Crippen LogP) is -4.05. The van der Waals surface area contributed by atoms with E-state index in [1.807, 2.05) is 0 Å². The topological polar surface area (TPSA) is 308 Å². The van der Waals surface area contributed by atoms with E-state index in [1.165, 1.54) is 19.4 Å². The first-order valence-corrected chi connectivity index (χ1v) is 11.9. The van der Waals surface area contributed by atoms with Crippen molar-refractivity contribution in [1.82, 2.24) is 25.9 Å². The predicted molar refractivity (Wildman–Crippen MR) is 139 cm³/mol. The highest BCUT2D eigenvalue weighted by Crippen LogP contribution is 2.04. The molecule has 0 bridgehead atoms. The normalized spacial score (nSPS) is 13.7. The number of amides is 3. The molecular weight excluding hydrogens is 500 g/mol. The fourth-order valence-electron chi connectivity index (χ4n) is 3.21. The second-order valence-electron chi connectivity index (χ2n) is 8.48. The Hall–Kier alpha value is -4.41. The summed E-state index contributed by atoms with van der Waals surface area (Å²) in [4.78, 5) is 64.0. The number of nitrogens with one attached hydrogen (secondary N) is 4. The lowest BCUT2D eigenvalue weighted by molar-refractivity contribution is -0.142. The number of carboxylic acids is 1. The maximum absolute atomic E-state index is 13.0. The number of imidazole rings is 1. The van der Waals surface area contributed by atoms with E-state index in [9.17, 15) is 24.3 Å². The van der Waals surface area contributed by atoms with Crippen LogP contribution in [0.3, 0.4) is 0 Å². The smallest absolute Gasteiger partial charge is 0.326 e. The zero-order valence-corrected chi connectivity index (χ0v) is 21.2. The van der Waals surface area contributed by atoms with Crippen molar-refractivity contribution in [2.24, 2.45) is 38.7 Å². The Bertz CT molecular complexity index is 973. The number of hydrogen-bond donors (Lipinski definition) is 10. The molecule has 4 atom stereocenters. The number of nitrogens with two attached hydrogens (primary N) is 5. The molecule has 0 aromatic carbocycles. The fourth-order valence-corrected chi connectivity index (χ4v) is 3.21. The van der Waals surface area contributed by atoms with Crippen molar-refractivity contribution in [3.8, 4) is 0 Å². The molecule has 1 heterocycles. The number of carboxylic acid groups (broad SMARTS) is 1. The summed E-state index contributed by atoms with van der Waals surface area (Å²) >= 11 is 0. The Kier molecular flexibility index (Phi) is 13.6. The molecule has 38 heavy (non-hydrogen) atoms. The van der Waals surface area contributed by atoms with Gasteiger partial charge in [-0.1, -0.05) is 0 Å². The molecule has 0 fully saturated rings. The lowest BCUT2D eigenvalue weighted by Gasteiger charge is -2.23. The van der Waals surface area contributed by atoms with E-state index >= 15 is 0 Å². The first-order valence-electron chi connectivity index (χ1n) is 11.9. The van der Waals surface area contributed by atoms with Crippen molar-refractivity contribution in [2.45, 2.75) is 63.2 Å². The van der Waals surface area contributed by atoms with E-state index < -0.39 is 47.9 Å². The molecule has 0 saturated carbocycles. The summed E-state index contributed by atoms with van der Waals surface area (Å²) in [6.45, 7) is 1.78. The van der Waals surface area contributed by atoms with E-state index in [-0.39, 0.29) is 44.3 Å². The van der Waals surface area contributed by atoms with Crippen molar-refractivity contribution in [3.05, 3.63) is 18.2 Å². The summed E-state index contributed by atoms with van der Waals surface area (Å²) < 4.78 is 0. The quantitative estimate of drug-likeness (QED) is 0.0516. The monoisotopic (exact) mass is 538 g/mol. The Morgan fingerprint density at radius 3 is 1.97 bits per heavy atom. The minimum atomic E-state index is -1.25. The van der Waals surface area contributed by atoms with Gasteiger partial charge in [-0.15, -0.1) is 0 Å². The van der Waals surface area contributed by atoms with Crippen molar-refractivity contribution in [1.29, 1.82) is 0 Å². The van der Waals surface area contributed by atoms with Crippen molar-refractivity contribution in [2.75, 3.05) is 13.1 Å². The van der Waals surface area contributed by atoms with Crippen LogP contribution in [0.2, 0.25) is 0 Å². The molecule has 1 aromatic rings. The summed E-state index contributed by atoms with van der Waals surface area (Å²) in [6.07, 6.45) is 3.98. The number of aliphatic imine (C=N–C) groups is 2. The number of aromatic nitrogens is 2. The molecule has 0 radical (unpaired) electrons. The third-order valence-corrected chi connectivity index (χ3v) is 5.22. The highest BCUT2D eigenvalue weighted by atomic mass is 16.4. The van der Waals surface area contributed by atoms with Crippen molar-refractivity contribution >= 4 is 35.6 Å². The minimum Gasteiger partial charge on any atom is -0.480 e. The van der Waals surface area contributed by atoms with Crippen LogP contribution in [0.15, 0.2) is 22.5 Å². The van der Waals surface area contributed by atoms with Crippen molar-refractivity contribution in [3.63, 3.8) is 0 Å². The van der Waals surface area contributed by atoms with Crippen LogP contribution in [0.5, 0.6) is 0 Å². The van der Waals surface area contributed by atoms with Gasteiger partial charge in [0.1, 0.15) is 18.1 Å². The Morgan fingerprint density at radius 1 is 0.921 bits per heavy atom. The molecule has 3 amide bonds. The van der Waals surface area contributed by atoms with Crippen LogP contribution in [0.4, 0.5) is 0 Å². The molecule has 1 aromatic heterocycles. The van der Waals surface area contributed by atoms with Crippen LogP contribution >= 0.6 is 0 Å². The Labute approximate surface area is 219 Å². The zero-order valence-electron chi connectivity index (χ0n) is 21.2. The number of carbonyl (C=O) groups excluding carboxylic acids is 3. The van der Waals surface area contributed by atoms with E-state index in [4.69, 9.17) is 28.7 Å². The van der Waals surface area contributed by atoms with E-state index in [0.717, 1.165) is 0 Å². The number of aliphatic carboxylic acids is 1. The second kappa shape index (κ2) is 16.4. The van der Waals surface area contributed by atoms with Crippen molar-refractivity contribution < 1.29 is 24.3 Å². The van der Waals surface area contributed by atoms with Gasteiger partial charge in [-0.25, -0.2) is 9.78 Å². The Morgan fingerprint density at radius 2 is 1.47 bits per heavy atom. The number of rotatable bonds is 17. The number of nitrogens with zero attached hydrogens (tertiary/aromatic N) is 3. The lowest BCUT2D eigenvalue weighted by atomic mass is 10.1. The molecule has 17 heteroatoms. The SMILES string of the molecule is CC(NC(=O)C(CCCN=C(N)N)NC(=O)C(N)Cc1cnc[nH]1)C(=O)NC(CCCN=C(N)N)C(=O)O. The molecular formula is C21H38N12O5. The van der Waals surface area contributed by atoms with Gasteiger partial charge in [-0.2, -0.15) is 0 Å². The number of aromatic amines is 1.